The van der Waals surface area contributed by atoms with Gasteiger partial charge < -0.3 is 9.73 Å². The van der Waals surface area contributed by atoms with Crippen molar-refractivity contribution in [2.45, 2.75) is 25.8 Å². The maximum Gasteiger partial charge on any atom is 0.227 e. The van der Waals surface area contributed by atoms with Crippen LogP contribution < -0.4 is 5.32 Å². The minimum atomic E-state index is -0.0961. The summed E-state index contributed by atoms with van der Waals surface area (Å²) in [5.41, 5.74) is 1.05. The van der Waals surface area contributed by atoms with Crippen molar-refractivity contribution < 1.29 is 9.21 Å². The van der Waals surface area contributed by atoms with Gasteiger partial charge >= 0.3 is 0 Å². The van der Waals surface area contributed by atoms with Crippen LogP contribution in [0.3, 0.4) is 0 Å². The standard InChI is InChI=1S/C15H17NO2/c1-2-14(12-7-4-3-5-8-12)15(17)16-11-13-9-6-10-18-13/h3-10,14H,2,11H2,1H3,(H,16,17)/t14-/m0/s1. The Hall–Kier alpha value is -2.03. The van der Waals surface area contributed by atoms with Gasteiger partial charge in [-0.05, 0) is 24.1 Å². The van der Waals surface area contributed by atoms with Crippen molar-refractivity contribution in [3.8, 4) is 0 Å². The van der Waals surface area contributed by atoms with E-state index in [2.05, 4.69) is 5.32 Å². The third-order valence-electron chi connectivity index (χ3n) is 2.94. The van der Waals surface area contributed by atoms with Gasteiger partial charge in [-0.15, -0.1) is 0 Å². The van der Waals surface area contributed by atoms with Crippen LogP contribution >= 0.6 is 0 Å². The fourth-order valence-corrected chi connectivity index (χ4v) is 1.97. The predicted octanol–water partition coefficient (Wildman–Crippen LogP) is 3.09. The highest BCUT2D eigenvalue weighted by Gasteiger charge is 2.17. The summed E-state index contributed by atoms with van der Waals surface area (Å²) >= 11 is 0. The van der Waals surface area contributed by atoms with E-state index in [0.29, 0.717) is 6.54 Å². The molecule has 1 amide bonds. The maximum absolute atomic E-state index is 12.1. The molecule has 0 unspecified atom stereocenters. The van der Waals surface area contributed by atoms with Crippen molar-refractivity contribution in [2.75, 3.05) is 0 Å². The molecular formula is C15H17NO2. The summed E-state index contributed by atoms with van der Waals surface area (Å²) in [6, 6.07) is 13.5. The van der Waals surface area contributed by atoms with Gasteiger partial charge in [-0.1, -0.05) is 37.3 Å². The Morgan fingerprint density at radius 3 is 2.61 bits per heavy atom. The molecule has 1 aromatic carbocycles. The Bertz CT molecular complexity index is 476. The maximum atomic E-state index is 12.1. The van der Waals surface area contributed by atoms with Crippen LogP contribution in [0.25, 0.3) is 0 Å². The summed E-state index contributed by atoms with van der Waals surface area (Å²) in [5, 5.41) is 2.90. The molecule has 1 heterocycles. The molecule has 0 saturated carbocycles. The molecule has 0 spiro atoms. The first-order valence-corrected chi connectivity index (χ1v) is 6.16. The second-order valence-electron chi connectivity index (χ2n) is 4.17. The molecule has 0 saturated heterocycles. The normalized spacial score (nSPS) is 12.1. The average Bonchev–Trinajstić information content (AvgIpc) is 2.92. The molecule has 18 heavy (non-hydrogen) atoms. The van der Waals surface area contributed by atoms with Crippen LogP contribution in [-0.4, -0.2) is 5.91 Å². The monoisotopic (exact) mass is 243 g/mol. The van der Waals surface area contributed by atoms with E-state index in [1.807, 2.05) is 49.4 Å². The molecule has 0 aliphatic heterocycles. The highest BCUT2D eigenvalue weighted by Crippen LogP contribution is 2.19. The average molecular weight is 243 g/mol. The van der Waals surface area contributed by atoms with E-state index in [1.165, 1.54) is 0 Å². The summed E-state index contributed by atoms with van der Waals surface area (Å²) in [7, 11) is 0. The summed E-state index contributed by atoms with van der Waals surface area (Å²) in [6.45, 7) is 2.46. The zero-order chi connectivity index (χ0) is 12.8. The fraction of sp³-hybridized carbons (Fsp3) is 0.267. The van der Waals surface area contributed by atoms with Crippen molar-refractivity contribution in [3.63, 3.8) is 0 Å². The van der Waals surface area contributed by atoms with Crippen LogP contribution in [0.2, 0.25) is 0 Å². The van der Waals surface area contributed by atoms with E-state index in [0.717, 1.165) is 17.7 Å². The summed E-state index contributed by atoms with van der Waals surface area (Å²) in [5.74, 6) is 0.715. The van der Waals surface area contributed by atoms with Gasteiger partial charge in [0.25, 0.3) is 0 Å². The summed E-state index contributed by atoms with van der Waals surface area (Å²) in [4.78, 5) is 12.1. The Morgan fingerprint density at radius 2 is 2.00 bits per heavy atom. The Kier molecular flexibility index (Phi) is 4.18. The van der Waals surface area contributed by atoms with Gasteiger partial charge in [-0.25, -0.2) is 0 Å². The molecule has 94 valence electrons. The third kappa shape index (κ3) is 3.00. The second kappa shape index (κ2) is 6.05. The first-order valence-electron chi connectivity index (χ1n) is 6.16. The molecule has 1 aromatic heterocycles. The third-order valence-corrected chi connectivity index (χ3v) is 2.94. The van der Waals surface area contributed by atoms with Crippen LogP contribution in [0.15, 0.2) is 53.1 Å². The Morgan fingerprint density at radius 1 is 1.22 bits per heavy atom. The lowest BCUT2D eigenvalue weighted by Gasteiger charge is -2.14. The number of carbonyl (C=O) groups is 1. The molecule has 0 aliphatic carbocycles. The van der Waals surface area contributed by atoms with E-state index in [9.17, 15) is 4.79 Å². The number of carbonyl (C=O) groups excluding carboxylic acids is 1. The Balaban J connectivity index is 1.98. The van der Waals surface area contributed by atoms with Crippen molar-refractivity contribution in [1.82, 2.24) is 5.32 Å². The van der Waals surface area contributed by atoms with Crippen LogP contribution in [-0.2, 0) is 11.3 Å². The minimum absolute atomic E-state index is 0.0418. The highest BCUT2D eigenvalue weighted by molar-refractivity contribution is 5.83. The molecule has 3 nitrogen and oxygen atoms in total. The van der Waals surface area contributed by atoms with Gasteiger partial charge in [0.1, 0.15) is 5.76 Å². The SMILES string of the molecule is CC[C@H](C(=O)NCc1ccco1)c1ccccc1. The molecule has 0 fully saturated rings. The topological polar surface area (TPSA) is 42.2 Å². The first-order chi connectivity index (χ1) is 8.81. The number of furan rings is 1. The smallest absolute Gasteiger partial charge is 0.227 e. The van der Waals surface area contributed by atoms with Gasteiger partial charge in [0.05, 0.1) is 18.7 Å². The molecule has 0 radical (unpaired) electrons. The molecule has 3 heteroatoms. The number of rotatable bonds is 5. The van der Waals surface area contributed by atoms with Gasteiger partial charge in [0.2, 0.25) is 5.91 Å². The predicted molar refractivity (Wildman–Crippen MR) is 70.0 cm³/mol. The van der Waals surface area contributed by atoms with E-state index in [1.54, 1.807) is 6.26 Å². The van der Waals surface area contributed by atoms with E-state index < -0.39 is 0 Å². The molecule has 2 aromatic rings. The number of amides is 1. The zero-order valence-electron chi connectivity index (χ0n) is 10.4. The second-order valence-corrected chi connectivity index (χ2v) is 4.17. The molecule has 2 rings (SSSR count). The Labute approximate surface area is 107 Å². The lowest BCUT2D eigenvalue weighted by atomic mass is 9.96. The van der Waals surface area contributed by atoms with Crippen LogP contribution in [0.5, 0.6) is 0 Å². The van der Waals surface area contributed by atoms with Gasteiger partial charge in [0.15, 0.2) is 0 Å². The van der Waals surface area contributed by atoms with Crippen LogP contribution in [0.1, 0.15) is 30.6 Å². The molecule has 0 aliphatic rings. The number of benzene rings is 1. The molecule has 1 N–H and O–H groups in total. The van der Waals surface area contributed by atoms with E-state index in [4.69, 9.17) is 4.42 Å². The van der Waals surface area contributed by atoms with Crippen LogP contribution in [0, 0.1) is 0 Å². The van der Waals surface area contributed by atoms with E-state index in [-0.39, 0.29) is 11.8 Å². The highest BCUT2D eigenvalue weighted by atomic mass is 16.3. The van der Waals surface area contributed by atoms with Crippen molar-refractivity contribution >= 4 is 5.91 Å². The van der Waals surface area contributed by atoms with Gasteiger partial charge in [0, 0.05) is 0 Å². The molecule has 0 bridgehead atoms. The van der Waals surface area contributed by atoms with Gasteiger partial charge in [-0.3, -0.25) is 4.79 Å². The van der Waals surface area contributed by atoms with Crippen LogP contribution in [0.4, 0.5) is 0 Å². The van der Waals surface area contributed by atoms with Crippen molar-refractivity contribution in [2.24, 2.45) is 0 Å². The summed E-state index contributed by atoms with van der Waals surface area (Å²) in [6.07, 6.45) is 2.39. The van der Waals surface area contributed by atoms with Gasteiger partial charge in [-0.2, -0.15) is 0 Å². The van der Waals surface area contributed by atoms with Crippen molar-refractivity contribution in [3.05, 3.63) is 60.1 Å². The first kappa shape index (κ1) is 12.4. The van der Waals surface area contributed by atoms with Crippen molar-refractivity contribution in [1.29, 1.82) is 0 Å². The number of nitrogens with one attached hydrogen (secondary N) is 1. The lowest BCUT2D eigenvalue weighted by Crippen LogP contribution is -2.28. The molecule has 1 atom stereocenters. The summed E-state index contributed by atoms with van der Waals surface area (Å²) < 4.78 is 5.19. The fourth-order valence-electron chi connectivity index (χ4n) is 1.97. The number of hydrogen-bond acceptors (Lipinski definition) is 2. The lowest BCUT2D eigenvalue weighted by molar-refractivity contribution is -0.122. The quantitative estimate of drug-likeness (QED) is 0.876. The molecular weight excluding hydrogens is 226 g/mol. The minimum Gasteiger partial charge on any atom is -0.467 e. The largest absolute Gasteiger partial charge is 0.467 e. The van der Waals surface area contributed by atoms with E-state index >= 15 is 0 Å². The number of hydrogen-bond donors (Lipinski definition) is 1. The zero-order valence-corrected chi connectivity index (χ0v) is 10.4.